The van der Waals surface area contributed by atoms with Gasteiger partial charge < -0.3 is 5.32 Å². The maximum atomic E-state index is 12.9. The lowest BCUT2D eigenvalue weighted by molar-refractivity contribution is -0.137. The SMILES string of the molecule is C=CCNS(=O)(=O)Cc1ccc(NC(=O)c2ccccc2-c2ccc(C(F)(F)F)cc2)cc1. The summed E-state index contributed by atoms with van der Waals surface area (Å²) >= 11 is 0. The average Bonchev–Trinajstić information content (AvgIpc) is 2.78. The minimum Gasteiger partial charge on any atom is -0.322 e. The number of hydrogen-bond donors (Lipinski definition) is 2. The Labute approximate surface area is 190 Å². The molecule has 0 bridgehead atoms. The molecule has 3 aromatic rings. The van der Waals surface area contributed by atoms with E-state index in [1.165, 1.54) is 18.2 Å². The number of amides is 1. The molecule has 0 aliphatic carbocycles. The lowest BCUT2D eigenvalue weighted by Crippen LogP contribution is -2.25. The largest absolute Gasteiger partial charge is 0.416 e. The standard InChI is InChI=1S/C24H21F3N2O3S/c1-2-15-28-33(31,32)16-17-7-13-20(14-8-17)29-23(30)22-6-4-3-5-21(22)18-9-11-19(12-10-18)24(25,26)27/h2-14,28H,1,15-16H2,(H,29,30). The van der Waals surface area contributed by atoms with Gasteiger partial charge >= 0.3 is 6.18 Å². The van der Waals surface area contributed by atoms with E-state index in [0.717, 1.165) is 12.1 Å². The molecular formula is C24H21F3N2O3S. The molecule has 0 fully saturated rings. The van der Waals surface area contributed by atoms with Crippen molar-refractivity contribution in [2.45, 2.75) is 11.9 Å². The number of sulfonamides is 1. The Morgan fingerprint density at radius 3 is 2.18 bits per heavy atom. The van der Waals surface area contributed by atoms with E-state index in [9.17, 15) is 26.4 Å². The fourth-order valence-electron chi connectivity index (χ4n) is 3.11. The first-order chi connectivity index (χ1) is 15.6. The smallest absolute Gasteiger partial charge is 0.322 e. The summed E-state index contributed by atoms with van der Waals surface area (Å²) in [5.74, 6) is -0.662. The van der Waals surface area contributed by atoms with Crippen LogP contribution in [-0.4, -0.2) is 20.9 Å². The average molecular weight is 475 g/mol. The van der Waals surface area contributed by atoms with Crippen LogP contribution in [0.4, 0.5) is 18.9 Å². The fourth-order valence-corrected chi connectivity index (χ4v) is 4.22. The molecule has 0 saturated carbocycles. The maximum Gasteiger partial charge on any atom is 0.416 e. The van der Waals surface area contributed by atoms with Gasteiger partial charge in [-0.15, -0.1) is 6.58 Å². The van der Waals surface area contributed by atoms with E-state index in [1.54, 1.807) is 48.5 Å². The summed E-state index contributed by atoms with van der Waals surface area (Å²) in [6.07, 6.45) is -3.00. The molecule has 172 valence electrons. The maximum absolute atomic E-state index is 12.9. The summed E-state index contributed by atoms with van der Waals surface area (Å²) < 4.78 is 64.8. The normalized spacial score (nSPS) is 11.7. The van der Waals surface area contributed by atoms with E-state index >= 15 is 0 Å². The summed E-state index contributed by atoms with van der Waals surface area (Å²) in [6.45, 7) is 3.60. The van der Waals surface area contributed by atoms with Crippen LogP contribution in [0.1, 0.15) is 21.5 Å². The van der Waals surface area contributed by atoms with Crippen LogP contribution in [0, 0.1) is 0 Å². The van der Waals surface area contributed by atoms with Gasteiger partial charge in [0.2, 0.25) is 10.0 Å². The molecule has 0 aliphatic rings. The summed E-state index contributed by atoms with van der Waals surface area (Å²) in [5.41, 5.74) is 1.46. The third kappa shape index (κ3) is 6.53. The molecule has 9 heteroatoms. The van der Waals surface area contributed by atoms with Crippen molar-refractivity contribution < 1.29 is 26.4 Å². The van der Waals surface area contributed by atoms with Gasteiger partial charge in [0.15, 0.2) is 0 Å². The Morgan fingerprint density at radius 1 is 0.939 bits per heavy atom. The number of hydrogen-bond acceptors (Lipinski definition) is 3. The van der Waals surface area contributed by atoms with Gasteiger partial charge in [-0.1, -0.05) is 48.5 Å². The first-order valence-electron chi connectivity index (χ1n) is 9.84. The molecule has 0 saturated heterocycles. The van der Waals surface area contributed by atoms with E-state index in [0.29, 0.717) is 22.4 Å². The molecule has 3 aromatic carbocycles. The van der Waals surface area contributed by atoms with Crippen LogP contribution < -0.4 is 10.0 Å². The van der Waals surface area contributed by atoms with Gasteiger partial charge in [-0.2, -0.15) is 13.2 Å². The molecule has 0 atom stereocenters. The molecule has 0 spiro atoms. The number of halogens is 3. The molecule has 3 rings (SSSR count). The monoisotopic (exact) mass is 474 g/mol. The van der Waals surface area contributed by atoms with Crippen molar-refractivity contribution in [1.82, 2.24) is 4.72 Å². The number of carbonyl (C=O) groups excluding carboxylic acids is 1. The lowest BCUT2D eigenvalue weighted by Gasteiger charge is -2.12. The van der Waals surface area contributed by atoms with E-state index < -0.39 is 27.7 Å². The van der Waals surface area contributed by atoms with Crippen LogP contribution in [0.3, 0.4) is 0 Å². The number of anilines is 1. The highest BCUT2D eigenvalue weighted by Gasteiger charge is 2.30. The Kier molecular flexibility index (Phi) is 7.35. The molecule has 5 nitrogen and oxygen atoms in total. The van der Waals surface area contributed by atoms with Gasteiger partial charge in [0.25, 0.3) is 5.91 Å². The predicted molar refractivity (Wildman–Crippen MR) is 122 cm³/mol. The first kappa shape index (κ1) is 24.2. The van der Waals surface area contributed by atoms with Crippen LogP contribution >= 0.6 is 0 Å². The molecule has 0 heterocycles. The molecule has 33 heavy (non-hydrogen) atoms. The van der Waals surface area contributed by atoms with Gasteiger partial charge in [0.05, 0.1) is 11.3 Å². The van der Waals surface area contributed by atoms with Crippen molar-refractivity contribution in [2.75, 3.05) is 11.9 Å². The van der Waals surface area contributed by atoms with Crippen molar-refractivity contribution >= 4 is 21.6 Å². The second kappa shape index (κ2) is 10.0. The van der Waals surface area contributed by atoms with Crippen molar-refractivity contribution in [3.63, 3.8) is 0 Å². The lowest BCUT2D eigenvalue weighted by atomic mass is 9.98. The summed E-state index contributed by atoms with van der Waals surface area (Å²) in [5, 5.41) is 2.73. The predicted octanol–water partition coefficient (Wildman–Crippen LogP) is 5.23. The minimum atomic E-state index is -4.44. The van der Waals surface area contributed by atoms with Gasteiger partial charge in [-0.3, -0.25) is 4.79 Å². The molecular weight excluding hydrogens is 453 g/mol. The molecule has 0 aliphatic heterocycles. The van der Waals surface area contributed by atoms with E-state index in [1.807, 2.05) is 0 Å². The summed E-state index contributed by atoms with van der Waals surface area (Å²) in [6, 6.07) is 17.5. The fraction of sp³-hybridized carbons (Fsp3) is 0.125. The molecule has 0 radical (unpaired) electrons. The third-order valence-corrected chi connectivity index (χ3v) is 6.03. The summed E-state index contributed by atoms with van der Waals surface area (Å²) in [7, 11) is -3.50. The van der Waals surface area contributed by atoms with Crippen LogP contribution in [0.5, 0.6) is 0 Å². The van der Waals surface area contributed by atoms with E-state index in [4.69, 9.17) is 0 Å². The van der Waals surface area contributed by atoms with Crippen LogP contribution in [0.25, 0.3) is 11.1 Å². The highest BCUT2D eigenvalue weighted by molar-refractivity contribution is 7.88. The molecule has 1 amide bonds. The van der Waals surface area contributed by atoms with Crippen LogP contribution in [0.2, 0.25) is 0 Å². The Bertz CT molecular complexity index is 1240. The van der Waals surface area contributed by atoms with E-state index in [2.05, 4.69) is 16.6 Å². The van der Waals surface area contributed by atoms with Crippen molar-refractivity contribution in [1.29, 1.82) is 0 Å². The Morgan fingerprint density at radius 2 is 1.58 bits per heavy atom. The zero-order chi connectivity index (χ0) is 24.1. The van der Waals surface area contributed by atoms with Gasteiger partial charge in [-0.25, -0.2) is 13.1 Å². The van der Waals surface area contributed by atoms with Crippen molar-refractivity contribution in [3.05, 3.63) is 102 Å². The highest BCUT2D eigenvalue weighted by Crippen LogP contribution is 2.32. The molecule has 0 unspecified atom stereocenters. The number of benzene rings is 3. The second-order valence-electron chi connectivity index (χ2n) is 7.17. The van der Waals surface area contributed by atoms with Crippen molar-refractivity contribution in [3.8, 4) is 11.1 Å². The van der Waals surface area contributed by atoms with Gasteiger partial charge in [-0.05, 0) is 47.0 Å². The van der Waals surface area contributed by atoms with Gasteiger partial charge in [0, 0.05) is 17.8 Å². The zero-order valence-corrected chi connectivity index (χ0v) is 18.2. The van der Waals surface area contributed by atoms with Gasteiger partial charge in [0.1, 0.15) is 0 Å². The number of alkyl halides is 3. The number of rotatable bonds is 8. The Balaban J connectivity index is 1.76. The minimum absolute atomic E-state index is 0.134. The third-order valence-electron chi connectivity index (χ3n) is 4.71. The first-order valence-corrected chi connectivity index (χ1v) is 11.5. The number of carbonyl (C=O) groups is 1. The van der Waals surface area contributed by atoms with Crippen LogP contribution in [0.15, 0.2) is 85.5 Å². The quantitative estimate of drug-likeness (QED) is 0.439. The molecule has 2 N–H and O–H groups in total. The highest BCUT2D eigenvalue weighted by atomic mass is 32.2. The molecule has 0 aromatic heterocycles. The topological polar surface area (TPSA) is 75.3 Å². The van der Waals surface area contributed by atoms with Crippen molar-refractivity contribution in [2.24, 2.45) is 0 Å². The van der Waals surface area contributed by atoms with E-state index in [-0.39, 0.29) is 17.9 Å². The second-order valence-corrected chi connectivity index (χ2v) is 8.97. The van der Waals surface area contributed by atoms with Crippen LogP contribution in [-0.2, 0) is 22.0 Å². The zero-order valence-electron chi connectivity index (χ0n) is 17.4. The summed E-state index contributed by atoms with van der Waals surface area (Å²) in [4.78, 5) is 12.9. The Hall–Kier alpha value is -3.43. The number of nitrogens with one attached hydrogen (secondary N) is 2.